The fraction of sp³-hybridized carbons (Fsp3) is 0. The Morgan fingerprint density at radius 3 is 1.38 bits per heavy atom. The molecule has 0 radical (unpaired) electrons. The van der Waals surface area contributed by atoms with Gasteiger partial charge < -0.3 is 15.9 Å². The molecule has 0 bridgehead atoms. The summed E-state index contributed by atoms with van der Waals surface area (Å²) in [7, 11) is 0. The Kier molecular flexibility index (Phi) is 5.64. The molecular weight excluding hydrogens is 274 g/mol. The first kappa shape index (κ1) is 15.9. The van der Waals surface area contributed by atoms with Crippen molar-refractivity contribution in [1.82, 2.24) is 0 Å². The van der Waals surface area contributed by atoms with Crippen molar-refractivity contribution < 1.29 is 24.6 Å². The largest absolute Gasteiger partial charge is 0.478 e. The number of carboxylic acids is 2. The molecule has 0 atom stereocenters. The molecule has 21 heavy (non-hydrogen) atoms. The van der Waals surface area contributed by atoms with Crippen LogP contribution in [-0.2, 0) is 0 Å². The Morgan fingerprint density at radius 2 is 1.10 bits per heavy atom. The Balaban J connectivity index is 0.000000219. The third-order valence-electron chi connectivity index (χ3n) is 2.45. The van der Waals surface area contributed by atoms with Gasteiger partial charge in [-0.2, -0.15) is 0 Å². The fourth-order valence-corrected chi connectivity index (χ4v) is 1.46. The maximum absolute atomic E-state index is 10.5. The monoisotopic (exact) mass is 287 g/mol. The lowest BCUT2D eigenvalue weighted by molar-refractivity contribution is 0.0651. The predicted molar refractivity (Wildman–Crippen MR) is 75.3 cm³/mol. The van der Waals surface area contributed by atoms with E-state index < -0.39 is 11.9 Å². The standard InChI is InChI=1S/C8H6O4.C7H7NO/c9-7(10)5-3-1-2-4-6(5)8(11)12;8-7(9)6-4-2-1-3-5-6/h1-4H,(H,9,10)(H,11,12);1-5H,(H2,8,9). The molecule has 108 valence electrons. The van der Waals surface area contributed by atoms with Crippen molar-refractivity contribution in [2.24, 2.45) is 5.73 Å². The number of carbonyl (C=O) groups excluding carboxylic acids is 1. The summed E-state index contributed by atoms with van der Waals surface area (Å²) in [6.07, 6.45) is 0. The molecule has 4 N–H and O–H groups in total. The molecular formula is C15H13NO5. The second-order valence-electron chi connectivity index (χ2n) is 3.89. The highest BCUT2D eigenvalue weighted by Gasteiger charge is 2.13. The third-order valence-corrected chi connectivity index (χ3v) is 2.45. The first-order chi connectivity index (χ1) is 9.93. The number of hydrogen-bond donors (Lipinski definition) is 3. The van der Waals surface area contributed by atoms with Gasteiger partial charge in [-0.15, -0.1) is 0 Å². The molecule has 1 amide bonds. The van der Waals surface area contributed by atoms with Crippen LogP contribution in [0.4, 0.5) is 0 Å². The summed E-state index contributed by atoms with van der Waals surface area (Å²) >= 11 is 0. The third kappa shape index (κ3) is 4.79. The molecule has 2 aromatic carbocycles. The molecule has 0 aromatic heterocycles. The Hall–Kier alpha value is -3.15. The van der Waals surface area contributed by atoms with Crippen molar-refractivity contribution in [2.45, 2.75) is 0 Å². The Bertz CT molecular complexity index is 619. The molecule has 0 aliphatic rings. The van der Waals surface area contributed by atoms with E-state index in [2.05, 4.69) is 0 Å². The lowest BCUT2D eigenvalue weighted by Crippen LogP contribution is -2.09. The summed E-state index contributed by atoms with van der Waals surface area (Å²) in [5, 5.41) is 17.1. The van der Waals surface area contributed by atoms with Gasteiger partial charge in [0, 0.05) is 5.56 Å². The highest BCUT2D eigenvalue weighted by Crippen LogP contribution is 2.07. The van der Waals surface area contributed by atoms with Crippen molar-refractivity contribution in [1.29, 1.82) is 0 Å². The SMILES string of the molecule is NC(=O)c1ccccc1.O=C(O)c1ccccc1C(=O)O. The maximum atomic E-state index is 10.5. The molecule has 6 nitrogen and oxygen atoms in total. The lowest BCUT2D eigenvalue weighted by Gasteiger charge is -1.98. The molecule has 2 rings (SSSR count). The van der Waals surface area contributed by atoms with Crippen molar-refractivity contribution in [3.05, 3.63) is 71.3 Å². The van der Waals surface area contributed by atoms with E-state index >= 15 is 0 Å². The molecule has 0 unspecified atom stereocenters. The molecule has 0 aliphatic heterocycles. The van der Waals surface area contributed by atoms with Crippen LogP contribution >= 0.6 is 0 Å². The van der Waals surface area contributed by atoms with Gasteiger partial charge in [0.15, 0.2) is 0 Å². The van der Waals surface area contributed by atoms with Gasteiger partial charge in [-0.1, -0.05) is 30.3 Å². The minimum absolute atomic E-state index is 0.190. The number of carboxylic acid groups (broad SMARTS) is 2. The molecule has 0 saturated carbocycles. The number of carbonyl (C=O) groups is 3. The average molecular weight is 287 g/mol. The van der Waals surface area contributed by atoms with E-state index in [1.165, 1.54) is 24.3 Å². The number of primary amides is 1. The van der Waals surface area contributed by atoms with Crippen LogP contribution in [0.25, 0.3) is 0 Å². The van der Waals surface area contributed by atoms with E-state index in [4.69, 9.17) is 15.9 Å². The number of amides is 1. The zero-order valence-corrected chi connectivity index (χ0v) is 10.9. The highest BCUT2D eigenvalue weighted by molar-refractivity contribution is 6.01. The van der Waals surface area contributed by atoms with Crippen LogP contribution in [0.5, 0.6) is 0 Å². The predicted octanol–water partition coefficient (Wildman–Crippen LogP) is 1.87. The average Bonchev–Trinajstić information content (AvgIpc) is 2.48. The first-order valence-electron chi connectivity index (χ1n) is 5.84. The van der Waals surface area contributed by atoms with Crippen LogP contribution in [0.15, 0.2) is 54.6 Å². The summed E-state index contributed by atoms with van der Waals surface area (Å²) in [6.45, 7) is 0. The molecule has 6 heteroatoms. The van der Waals surface area contributed by atoms with E-state index in [0.29, 0.717) is 5.56 Å². The summed E-state index contributed by atoms with van der Waals surface area (Å²) in [5.41, 5.74) is 5.15. The minimum atomic E-state index is -1.23. The van der Waals surface area contributed by atoms with Crippen molar-refractivity contribution in [3.63, 3.8) is 0 Å². The molecule has 2 aromatic rings. The summed E-state index contributed by atoms with van der Waals surface area (Å²) in [4.78, 5) is 31.3. The molecule has 0 heterocycles. The zero-order chi connectivity index (χ0) is 15.8. The smallest absolute Gasteiger partial charge is 0.336 e. The number of benzene rings is 2. The quantitative estimate of drug-likeness (QED) is 0.796. The van der Waals surface area contributed by atoms with E-state index in [-0.39, 0.29) is 17.0 Å². The first-order valence-corrected chi connectivity index (χ1v) is 5.84. The van der Waals surface area contributed by atoms with Crippen LogP contribution in [0.3, 0.4) is 0 Å². The van der Waals surface area contributed by atoms with Crippen LogP contribution in [-0.4, -0.2) is 28.1 Å². The van der Waals surface area contributed by atoms with Gasteiger partial charge in [-0.05, 0) is 24.3 Å². The molecule has 0 spiro atoms. The van der Waals surface area contributed by atoms with Crippen LogP contribution < -0.4 is 5.73 Å². The van der Waals surface area contributed by atoms with Gasteiger partial charge in [0.05, 0.1) is 11.1 Å². The van der Waals surface area contributed by atoms with Crippen LogP contribution in [0.2, 0.25) is 0 Å². The highest BCUT2D eigenvalue weighted by atomic mass is 16.4. The number of hydrogen-bond acceptors (Lipinski definition) is 3. The normalized spacial score (nSPS) is 9.14. The van der Waals surface area contributed by atoms with Gasteiger partial charge in [-0.3, -0.25) is 4.79 Å². The van der Waals surface area contributed by atoms with Crippen molar-refractivity contribution in [3.8, 4) is 0 Å². The second-order valence-corrected chi connectivity index (χ2v) is 3.89. The van der Waals surface area contributed by atoms with Gasteiger partial charge in [0.1, 0.15) is 0 Å². The van der Waals surface area contributed by atoms with Gasteiger partial charge in [0.25, 0.3) is 0 Å². The summed E-state index contributed by atoms with van der Waals surface area (Å²) in [6, 6.07) is 14.2. The van der Waals surface area contributed by atoms with Crippen molar-refractivity contribution in [2.75, 3.05) is 0 Å². The van der Waals surface area contributed by atoms with Gasteiger partial charge >= 0.3 is 11.9 Å². The maximum Gasteiger partial charge on any atom is 0.336 e. The fourth-order valence-electron chi connectivity index (χ4n) is 1.46. The topological polar surface area (TPSA) is 118 Å². The zero-order valence-electron chi connectivity index (χ0n) is 10.9. The summed E-state index contributed by atoms with van der Waals surface area (Å²) in [5.74, 6) is -2.84. The van der Waals surface area contributed by atoms with E-state index in [1.54, 1.807) is 24.3 Å². The van der Waals surface area contributed by atoms with Gasteiger partial charge in [0.2, 0.25) is 5.91 Å². The van der Waals surface area contributed by atoms with E-state index in [0.717, 1.165) is 0 Å². The molecule has 0 fully saturated rings. The second kappa shape index (κ2) is 7.44. The lowest BCUT2D eigenvalue weighted by atomic mass is 10.1. The van der Waals surface area contributed by atoms with Crippen molar-refractivity contribution >= 4 is 17.8 Å². The van der Waals surface area contributed by atoms with E-state index in [1.807, 2.05) is 6.07 Å². The van der Waals surface area contributed by atoms with Gasteiger partial charge in [-0.25, -0.2) is 9.59 Å². The molecule has 0 aliphatic carbocycles. The number of nitrogens with two attached hydrogens (primary N) is 1. The van der Waals surface area contributed by atoms with Crippen LogP contribution in [0, 0.1) is 0 Å². The minimum Gasteiger partial charge on any atom is -0.478 e. The number of aromatic carboxylic acids is 2. The van der Waals surface area contributed by atoms with E-state index in [9.17, 15) is 14.4 Å². The molecule has 0 saturated heterocycles. The summed E-state index contributed by atoms with van der Waals surface area (Å²) < 4.78 is 0. The van der Waals surface area contributed by atoms with Crippen LogP contribution in [0.1, 0.15) is 31.1 Å². The Morgan fingerprint density at radius 1 is 0.714 bits per heavy atom. The number of rotatable bonds is 3. The Labute approximate surface area is 120 Å².